The normalized spacial score (nSPS) is 13.5. The lowest BCUT2D eigenvalue weighted by molar-refractivity contribution is 0.168. The van der Waals surface area contributed by atoms with Crippen LogP contribution in [0.1, 0.15) is 29.9 Å². The maximum atomic E-state index is 12.2. The highest BCUT2D eigenvalue weighted by molar-refractivity contribution is 7.91. The second-order valence-electron chi connectivity index (χ2n) is 6.35. The molecule has 1 aromatic heterocycles. The van der Waals surface area contributed by atoms with Gasteiger partial charge < -0.3 is 15.7 Å². The summed E-state index contributed by atoms with van der Waals surface area (Å²) in [5.41, 5.74) is 0.888. The van der Waals surface area contributed by atoms with E-state index in [0.717, 1.165) is 10.4 Å². The van der Waals surface area contributed by atoms with Gasteiger partial charge in [0.15, 0.2) is 5.96 Å². The molecule has 9 heteroatoms. The SMILES string of the molecule is CCNC(=NCc1ccc(S(=O)(=O)N(C)C)s1)NCCC(O)c1ccccc1. The standard InChI is InChI=1S/C19H28N4O3S2/c1-4-20-19(21-13-12-17(24)15-8-6-5-7-9-15)22-14-16-10-11-18(27-16)28(25,26)23(2)3/h5-11,17,24H,4,12-14H2,1-3H3,(H2,20,21,22). The summed E-state index contributed by atoms with van der Waals surface area (Å²) in [5, 5.41) is 16.6. The van der Waals surface area contributed by atoms with Gasteiger partial charge in [-0.1, -0.05) is 30.3 Å². The molecule has 0 aliphatic heterocycles. The van der Waals surface area contributed by atoms with E-state index in [1.165, 1.54) is 29.7 Å². The zero-order chi connectivity index (χ0) is 20.6. The first-order valence-corrected chi connectivity index (χ1v) is 11.4. The highest BCUT2D eigenvalue weighted by atomic mass is 32.2. The van der Waals surface area contributed by atoms with Gasteiger partial charge in [0.05, 0.1) is 12.6 Å². The number of hydrogen-bond donors (Lipinski definition) is 3. The van der Waals surface area contributed by atoms with Gasteiger partial charge in [0.1, 0.15) is 4.21 Å². The van der Waals surface area contributed by atoms with Crippen LogP contribution in [0.2, 0.25) is 0 Å². The summed E-state index contributed by atoms with van der Waals surface area (Å²) >= 11 is 1.22. The molecule has 0 bridgehead atoms. The summed E-state index contributed by atoms with van der Waals surface area (Å²) in [4.78, 5) is 5.37. The third-order valence-corrected chi connectivity index (χ3v) is 7.36. The van der Waals surface area contributed by atoms with Gasteiger partial charge in [-0.3, -0.25) is 0 Å². The highest BCUT2D eigenvalue weighted by Crippen LogP contribution is 2.24. The van der Waals surface area contributed by atoms with Crippen LogP contribution in [-0.2, 0) is 16.6 Å². The number of nitrogens with zero attached hydrogens (tertiary/aromatic N) is 2. The minimum atomic E-state index is -3.41. The van der Waals surface area contributed by atoms with Crippen molar-refractivity contribution in [2.45, 2.75) is 30.2 Å². The summed E-state index contributed by atoms with van der Waals surface area (Å²) in [6.45, 7) is 3.62. The number of aliphatic hydroxyl groups excluding tert-OH is 1. The van der Waals surface area contributed by atoms with E-state index in [2.05, 4.69) is 15.6 Å². The molecule has 2 rings (SSSR count). The van der Waals surface area contributed by atoms with Gasteiger partial charge in [-0.25, -0.2) is 17.7 Å². The molecule has 0 saturated heterocycles. The van der Waals surface area contributed by atoms with E-state index >= 15 is 0 Å². The Morgan fingerprint density at radius 1 is 1.18 bits per heavy atom. The van der Waals surface area contributed by atoms with Crippen LogP contribution < -0.4 is 10.6 Å². The highest BCUT2D eigenvalue weighted by Gasteiger charge is 2.19. The lowest BCUT2D eigenvalue weighted by atomic mass is 10.1. The Morgan fingerprint density at radius 2 is 1.89 bits per heavy atom. The van der Waals surface area contributed by atoms with Crippen LogP contribution in [0.5, 0.6) is 0 Å². The molecule has 0 aliphatic carbocycles. The van der Waals surface area contributed by atoms with Gasteiger partial charge >= 0.3 is 0 Å². The minimum absolute atomic E-state index is 0.312. The van der Waals surface area contributed by atoms with Crippen molar-refractivity contribution in [2.75, 3.05) is 27.2 Å². The smallest absolute Gasteiger partial charge is 0.252 e. The third-order valence-electron chi connectivity index (χ3n) is 4.00. The zero-order valence-corrected chi connectivity index (χ0v) is 18.1. The van der Waals surface area contributed by atoms with Gasteiger partial charge in [0.25, 0.3) is 10.0 Å². The Labute approximate surface area is 171 Å². The molecule has 154 valence electrons. The van der Waals surface area contributed by atoms with E-state index in [4.69, 9.17) is 0 Å². The van der Waals surface area contributed by atoms with Crippen LogP contribution in [0.4, 0.5) is 0 Å². The third kappa shape index (κ3) is 6.30. The summed E-state index contributed by atoms with van der Waals surface area (Å²) in [7, 11) is -0.375. The maximum absolute atomic E-state index is 12.2. The van der Waals surface area contributed by atoms with E-state index in [-0.39, 0.29) is 0 Å². The van der Waals surface area contributed by atoms with Crippen molar-refractivity contribution in [3.63, 3.8) is 0 Å². The fraction of sp³-hybridized carbons (Fsp3) is 0.421. The van der Waals surface area contributed by atoms with E-state index in [9.17, 15) is 13.5 Å². The van der Waals surface area contributed by atoms with E-state index in [0.29, 0.717) is 36.2 Å². The van der Waals surface area contributed by atoms with Crippen molar-refractivity contribution in [1.82, 2.24) is 14.9 Å². The molecule has 1 aromatic carbocycles. The zero-order valence-electron chi connectivity index (χ0n) is 16.4. The molecule has 0 saturated carbocycles. The average Bonchev–Trinajstić information content (AvgIpc) is 3.16. The van der Waals surface area contributed by atoms with Crippen molar-refractivity contribution in [3.8, 4) is 0 Å². The Bertz CT molecular complexity index is 864. The van der Waals surface area contributed by atoms with Crippen molar-refractivity contribution in [2.24, 2.45) is 4.99 Å². The molecule has 2 aromatic rings. The van der Waals surface area contributed by atoms with Crippen molar-refractivity contribution < 1.29 is 13.5 Å². The van der Waals surface area contributed by atoms with Crippen LogP contribution in [0.25, 0.3) is 0 Å². The number of aliphatic imine (C=N–C) groups is 1. The number of rotatable bonds is 9. The Morgan fingerprint density at radius 3 is 2.54 bits per heavy atom. The fourth-order valence-corrected chi connectivity index (χ4v) is 4.88. The number of thiophene rings is 1. The second kappa shape index (κ2) is 10.6. The van der Waals surface area contributed by atoms with Crippen molar-refractivity contribution in [1.29, 1.82) is 0 Å². The number of guanidine groups is 1. The lowest BCUT2D eigenvalue weighted by Crippen LogP contribution is -2.38. The fourth-order valence-electron chi connectivity index (χ4n) is 2.43. The van der Waals surface area contributed by atoms with Crippen molar-refractivity contribution in [3.05, 3.63) is 52.9 Å². The minimum Gasteiger partial charge on any atom is -0.388 e. The van der Waals surface area contributed by atoms with Crippen LogP contribution >= 0.6 is 11.3 Å². The summed E-state index contributed by atoms with van der Waals surface area (Å²) in [5.74, 6) is 0.633. The molecule has 3 N–H and O–H groups in total. The molecular formula is C19H28N4O3S2. The van der Waals surface area contributed by atoms with E-state index < -0.39 is 16.1 Å². The monoisotopic (exact) mass is 424 g/mol. The first kappa shape index (κ1) is 22.4. The molecule has 0 spiro atoms. The number of hydrogen-bond acceptors (Lipinski definition) is 5. The van der Waals surface area contributed by atoms with Crippen LogP contribution in [0, 0.1) is 0 Å². The summed E-state index contributed by atoms with van der Waals surface area (Å²) in [6.07, 6.45) is 0.0197. The largest absolute Gasteiger partial charge is 0.388 e. The maximum Gasteiger partial charge on any atom is 0.252 e. The number of benzene rings is 1. The Kier molecular flexibility index (Phi) is 8.43. The first-order chi connectivity index (χ1) is 13.3. The first-order valence-electron chi connectivity index (χ1n) is 9.11. The Balaban J connectivity index is 1.93. The molecular weight excluding hydrogens is 396 g/mol. The van der Waals surface area contributed by atoms with E-state index in [1.54, 1.807) is 12.1 Å². The Hall–Kier alpha value is -1.94. The predicted molar refractivity (Wildman–Crippen MR) is 114 cm³/mol. The molecule has 1 heterocycles. The van der Waals surface area contributed by atoms with Gasteiger partial charge in [0.2, 0.25) is 0 Å². The van der Waals surface area contributed by atoms with Gasteiger partial charge in [-0.05, 0) is 31.0 Å². The molecule has 0 amide bonds. The van der Waals surface area contributed by atoms with Crippen LogP contribution in [0.15, 0.2) is 51.7 Å². The summed E-state index contributed by atoms with van der Waals surface area (Å²) < 4.78 is 25.8. The van der Waals surface area contributed by atoms with Crippen LogP contribution in [-0.4, -0.2) is 51.0 Å². The molecule has 0 radical (unpaired) electrons. The van der Waals surface area contributed by atoms with Gasteiger partial charge in [-0.2, -0.15) is 0 Å². The molecule has 7 nitrogen and oxygen atoms in total. The average molecular weight is 425 g/mol. The van der Waals surface area contributed by atoms with Gasteiger partial charge in [0, 0.05) is 32.1 Å². The topological polar surface area (TPSA) is 94.0 Å². The molecule has 1 atom stereocenters. The quantitative estimate of drug-likeness (QED) is 0.424. The molecule has 0 aliphatic rings. The number of sulfonamides is 1. The van der Waals surface area contributed by atoms with Crippen LogP contribution in [0.3, 0.4) is 0 Å². The molecule has 28 heavy (non-hydrogen) atoms. The lowest BCUT2D eigenvalue weighted by Gasteiger charge is -2.14. The van der Waals surface area contributed by atoms with Crippen molar-refractivity contribution >= 4 is 27.3 Å². The van der Waals surface area contributed by atoms with E-state index in [1.807, 2.05) is 37.3 Å². The predicted octanol–water partition coefficient (Wildman–Crippen LogP) is 2.18. The molecule has 0 fully saturated rings. The van der Waals surface area contributed by atoms with Gasteiger partial charge in [-0.15, -0.1) is 11.3 Å². The summed E-state index contributed by atoms with van der Waals surface area (Å²) in [6, 6.07) is 12.9. The number of aliphatic hydroxyl groups is 1. The number of nitrogens with one attached hydrogen (secondary N) is 2. The molecule has 1 unspecified atom stereocenters. The second-order valence-corrected chi connectivity index (χ2v) is 9.89.